The molecule has 0 radical (unpaired) electrons. The lowest BCUT2D eigenvalue weighted by atomic mass is 9.64. The number of aryl methyl sites for hydroxylation is 2. The van der Waals surface area contributed by atoms with Crippen molar-refractivity contribution in [3.63, 3.8) is 0 Å². The summed E-state index contributed by atoms with van der Waals surface area (Å²) in [5, 5.41) is 26.9. The van der Waals surface area contributed by atoms with Crippen LogP contribution in [0.2, 0.25) is 0 Å². The third-order valence-corrected chi connectivity index (χ3v) is 10.8. The summed E-state index contributed by atoms with van der Waals surface area (Å²) < 4.78 is 88.1. The first kappa shape index (κ1) is 34.5. The molecule has 2 atom stereocenters. The van der Waals surface area contributed by atoms with E-state index < -0.39 is 44.8 Å². The largest absolute Gasteiger partial charge is 0.586 e. The molecule has 49 heavy (non-hydrogen) atoms. The number of ether oxygens (including phenoxy) is 2. The zero-order valence-corrected chi connectivity index (χ0v) is 28.7. The Morgan fingerprint density at radius 2 is 1.67 bits per heavy atom. The molecule has 0 saturated carbocycles. The van der Waals surface area contributed by atoms with Gasteiger partial charge >= 0.3 is 6.29 Å². The molecule has 1 aliphatic heterocycles. The van der Waals surface area contributed by atoms with E-state index in [4.69, 9.17) is 4.42 Å². The molecule has 14 heteroatoms. The summed E-state index contributed by atoms with van der Waals surface area (Å²) in [6.07, 6.45) is 1.44. The first-order valence-corrected chi connectivity index (χ1v) is 17.2. The van der Waals surface area contributed by atoms with Crippen molar-refractivity contribution in [3.05, 3.63) is 95.4 Å². The normalized spacial score (nSPS) is 22.0. The van der Waals surface area contributed by atoms with Crippen LogP contribution < -0.4 is 9.47 Å². The van der Waals surface area contributed by atoms with Crippen LogP contribution in [0.15, 0.2) is 76.1 Å². The Bertz CT molecular complexity index is 2150. The monoisotopic (exact) mass is 699 g/mol. The van der Waals surface area contributed by atoms with Crippen molar-refractivity contribution in [3.8, 4) is 22.8 Å². The van der Waals surface area contributed by atoms with Crippen LogP contribution in [0.25, 0.3) is 16.8 Å². The van der Waals surface area contributed by atoms with Gasteiger partial charge in [0, 0.05) is 31.2 Å². The molecular weight excluding hydrogens is 663 g/mol. The lowest BCUT2D eigenvalue weighted by molar-refractivity contribution is -0.286. The van der Waals surface area contributed by atoms with Gasteiger partial charge in [-0.15, -0.1) is 8.78 Å². The van der Waals surface area contributed by atoms with E-state index in [9.17, 15) is 27.4 Å². The molecule has 2 aromatic heterocycles. The fourth-order valence-corrected chi connectivity index (χ4v) is 6.76. The number of hydrogen-bond acceptors (Lipinski definition) is 9. The number of sulfone groups is 1. The maximum atomic E-state index is 18.9. The SMILES string of the molecule is Cc1nc(-c2ccc3c(c2)OC(F)(F)O3)c(C2(F)C=C(c3cccc(S(C)(=O)=O)c3)C=CC2(CO)c2cc(C(C)(C)C(C)(C)O)nn2C)o1. The van der Waals surface area contributed by atoms with Gasteiger partial charge in [-0.3, -0.25) is 4.68 Å². The number of alkyl halides is 3. The molecular formula is C35H36F3N3O7S. The van der Waals surface area contributed by atoms with Crippen LogP contribution in [0.3, 0.4) is 0 Å². The van der Waals surface area contributed by atoms with Gasteiger partial charge in [0.05, 0.1) is 33.9 Å². The summed E-state index contributed by atoms with van der Waals surface area (Å²) in [5.41, 5.74) is -5.52. The third-order valence-electron chi connectivity index (χ3n) is 9.64. The maximum absolute atomic E-state index is 18.9. The van der Waals surface area contributed by atoms with E-state index in [1.165, 1.54) is 60.2 Å². The van der Waals surface area contributed by atoms with Crippen molar-refractivity contribution in [2.45, 2.75) is 67.9 Å². The molecule has 0 fully saturated rings. The lowest BCUT2D eigenvalue weighted by Crippen LogP contribution is -2.49. The first-order chi connectivity index (χ1) is 22.6. The van der Waals surface area contributed by atoms with Crippen LogP contribution in [-0.4, -0.2) is 58.2 Å². The van der Waals surface area contributed by atoms with E-state index in [0.29, 0.717) is 11.3 Å². The molecule has 4 aromatic rings. The van der Waals surface area contributed by atoms with Gasteiger partial charge in [-0.25, -0.2) is 17.8 Å². The highest BCUT2D eigenvalue weighted by atomic mass is 32.2. The van der Waals surface area contributed by atoms with Gasteiger partial charge in [-0.05, 0) is 67.5 Å². The Morgan fingerprint density at radius 1 is 0.980 bits per heavy atom. The average molecular weight is 700 g/mol. The van der Waals surface area contributed by atoms with Crippen LogP contribution in [0.1, 0.15) is 56.3 Å². The van der Waals surface area contributed by atoms with Gasteiger partial charge in [0.2, 0.25) is 5.67 Å². The molecule has 2 unspecified atom stereocenters. The first-order valence-electron chi connectivity index (χ1n) is 15.3. The smallest absolute Gasteiger partial charge is 0.442 e. The van der Waals surface area contributed by atoms with Crippen molar-refractivity contribution < 1.29 is 45.7 Å². The van der Waals surface area contributed by atoms with Gasteiger partial charge in [0.1, 0.15) is 5.69 Å². The molecule has 2 aromatic carbocycles. The summed E-state index contributed by atoms with van der Waals surface area (Å²) >= 11 is 0. The average Bonchev–Trinajstić information content (AvgIpc) is 3.69. The standard InChI is InChI=1S/C35H36F3N3O7S/c1-20-39-29(22-11-12-25-26(16-22)48-35(37,38)47-25)30(46-20)34(36)18-23(21-9-8-10-24(15-21)49(7,44)45)13-14-33(34,19-42)28-17-27(40-41(28)6)31(2,3)32(4,5)43/h8-18,42-43H,19H2,1-7H3. The van der Waals surface area contributed by atoms with E-state index in [1.807, 2.05) is 0 Å². The van der Waals surface area contributed by atoms with Crippen molar-refractivity contribution in [1.29, 1.82) is 0 Å². The van der Waals surface area contributed by atoms with E-state index in [0.717, 1.165) is 6.26 Å². The van der Waals surface area contributed by atoms with Crippen LogP contribution in [0.4, 0.5) is 13.2 Å². The quantitative estimate of drug-likeness (QED) is 0.230. The highest BCUT2D eigenvalue weighted by Crippen LogP contribution is 2.55. The number of aliphatic hydroxyl groups is 2. The minimum Gasteiger partial charge on any atom is -0.442 e. The predicted octanol–water partition coefficient (Wildman–Crippen LogP) is 5.91. The minimum atomic E-state index is -3.89. The molecule has 2 N–H and O–H groups in total. The van der Waals surface area contributed by atoms with Gasteiger partial charge in [0.25, 0.3) is 0 Å². The van der Waals surface area contributed by atoms with Crippen LogP contribution in [0.5, 0.6) is 11.5 Å². The van der Waals surface area contributed by atoms with Gasteiger partial charge < -0.3 is 24.1 Å². The number of halogens is 3. The summed E-state index contributed by atoms with van der Waals surface area (Å²) in [4.78, 5) is 4.45. The molecule has 0 spiro atoms. The molecule has 10 nitrogen and oxygen atoms in total. The lowest BCUT2D eigenvalue weighted by Gasteiger charge is -2.42. The Balaban J connectivity index is 1.62. The number of fused-ring (bicyclic) bond motifs is 1. The fraction of sp³-hybridized carbons (Fsp3) is 0.371. The minimum absolute atomic E-state index is 0.0150. The number of allylic oxidation sites excluding steroid dienone is 3. The van der Waals surface area contributed by atoms with Gasteiger partial charge in [-0.2, -0.15) is 5.10 Å². The predicted molar refractivity (Wildman–Crippen MR) is 174 cm³/mol. The zero-order chi connectivity index (χ0) is 35.9. The number of benzene rings is 2. The van der Waals surface area contributed by atoms with E-state index in [-0.39, 0.29) is 50.6 Å². The van der Waals surface area contributed by atoms with E-state index in [1.54, 1.807) is 53.0 Å². The third kappa shape index (κ3) is 5.55. The highest BCUT2D eigenvalue weighted by molar-refractivity contribution is 7.90. The van der Waals surface area contributed by atoms with Crippen molar-refractivity contribution >= 4 is 15.4 Å². The van der Waals surface area contributed by atoms with Crippen molar-refractivity contribution in [1.82, 2.24) is 14.8 Å². The highest BCUT2D eigenvalue weighted by Gasteiger charge is 2.59. The number of oxazole rings is 1. The zero-order valence-electron chi connectivity index (χ0n) is 27.9. The van der Waals surface area contributed by atoms with E-state index in [2.05, 4.69) is 19.6 Å². The molecule has 260 valence electrons. The topological polar surface area (TPSA) is 137 Å². The second kappa shape index (κ2) is 11.1. The number of aromatic nitrogens is 3. The Morgan fingerprint density at radius 3 is 2.33 bits per heavy atom. The number of rotatable bonds is 8. The van der Waals surface area contributed by atoms with Gasteiger partial charge in [-0.1, -0.05) is 38.1 Å². The Hall–Kier alpha value is -4.40. The number of nitrogens with zero attached hydrogens (tertiary/aromatic N) is 3. The molecule has 1 aliphatic carbocycles. The second-order valence-electron chi connectivity index (χ2n) is 13.5. The molecule has 3 heterocycles. The summed E-state index contributed by atoms with van der Waals surface area (Å²) in [6, 6.07) is 11.5. The molecule has 0 saturated heterocycles. The molecule has 2 aliphatic rings. The Kier molecular flexibility index (Phi) is 7.78. The fourth-order valence-electron chi connectivity index (χ4n) is 6.09. The number of hydrogen-bond donors (Lipinski definition) is 2. The maximum Gasteiger partial charge on any atom is 0.586 e. The van der Waals surface area contributed by atoms with Gasteiger partial charge in [0.15, 0.2) is 33.0 Å². The van der Waals surface area contributed by atoms with Crippen LogP contribution >= 0.6 is 0 Å². The van der Waals surface area contributed by atoms with E-state index >= 15 is 4.39 Å². The molecule has 0 bridgehead atoms. The van der Waals surface area contributed by atoms with Crippen LogP contribution in [-0.2, 0) is 33.4 Å². The number of aliphatic hydroxyl groups excluding tert-OH is 1. The second-order valence-corrected chi connectivity index (χ2v) is 15.6. The molecule has 6 rings (SSSR count). The Labute approximate surface area is 281 Å². The van der Waals surface area contributed by atoms with Crippen molar-refractivity contribution in [2.24, 2.45) is 7.05 Å². The summed E-state index contributed by atoms with van der Waals surface area (Å²) in [6.45, 7) is 7.52. The van der Waals surface area contributed by atoms with Crippen molar-refractivity contribution in [2.75, 3.05) is 12.9 Å². The van der Waals surface area contributed by atoms with Crippen LogP contribution in [0, 0.1) is 6.92 Å². The summed E-state index contributed by atoms with van der Waals surface area (Å²) in [5.74, 6) is -0.844. The summed E-state index contributed by atoms with van der Waals surface area (Å²) in [7, 11) is -2.03. The molecule has 0 amide bonds.